The quantitative estimate of drug-likeness (QED) is 0.683. The number of anilines is 1. The van der Waals surface area contributed by atoms with Crippen molar-refractivity contribution in [3.63, 3.8) is 0 Å². The van der Waals surface area contributed by atoms with Gasteiger partial charge in [-0.2, -0.15) is 0 Å². The van der Waals surface area contributed by atoms with Crippen molar-refractivity contribution >= 4 is 30.8 Å². The molecule has 0 saturated heterocycles. The molecule has 0 saturated carbocycles. The molecule has 108 valence electrons. The summed E-state index contributed by atoms with van der Waals surface area (Å²) in [5, 5.41) is 0.467. The zero-order chi connectivity index (χ0) is 14.8. The van der Waals surface area contributed by atoms with Gasteiger partial charge in [0.15, 0.2) is 13.4 Å². The fourth-order valence-electron chi connectivity index (χ4n) is 1.19. The van der Waals surface area contributed by atoms with Gasteiger partial charge in [0.25, 0.3) is 0 Å². The van der Waals surface area contributed by atoms with Crippen LogP contribution in [0.2, 0.25) is 18.1 Å². The van der Waals surface area contributed by atoms with Crippen LogP contribution in [0.1, 0.15) is 36.1 Å². The highest BCUT2D eigenvalue weighted by Crippen LogP contribution is 2.37. The third-order valence-corrected chi connectivity index (χ3v) is 8.85. The number of methoxy groups -OCH3 is 1. The van der Waals surface area contributed by atoms with Crippen molar-refractivity contribution in [3.05, 3.63) is 10.6 Å². The highest BCUT2D eigenvalue weighted by molar-refractivity contribution is 7.17. The fraction of sp³-hybridized carbons (Fsp3) is 0.667. The Morgan fingerprint density at radius 2 is 2.00 bits per heavy atom. The zero-order valence-electron chi connectivity index (χ0n) is 12.4. The number of carbonyl (C=O) groups excluding carboxylic acids is 1. The Morgan fingerprint density at radius 1 is 1.42 bits per heavy atom. The van der Waals surface area contributed by atoms with Gasteiger partial charge in [0.2, 0.25) is 0 Å². The van der Waals surface area contributed by atoms with Crippen LogP contribution in [0, 0.1) is 0 Å². The molecule has 0 fully saturated rings. The maximum Gasteiger partial charge on any atom is 0.350 e. The van der Waals surface area contributed by atoms with E-state index in [9.17, 15) is 4.79 Å². The molecule has 19 heavy (non-hydrogen) atoms. The second-order valence-electron chi connectivity index (χ2n) is 5.87. The van der Waals surface area contributed by atoms with Gasteiger partial charge in [0.05, 0.1) is 19.4 Å². The van der Waals surface area contributed by atoms with E-state index in [2.05, 4.69) is 38.8 Å². The summed E-state index contributed by atoms with van der Waals surface area (Å²) in [5.74, 6) is -0.414. The van der Waals surface area contributed by atoms with E-state index in [0.717, 1.165) is 11.3 Å². The van der Waals surface area contributed by atoms with Gasteiger partial charge in [-0.3, -0.25) is 0 Å². The molecule has 0 unspecified atom stereocenters. The van der Waals surface area contributed by atoms with Crippen LogP contribution >= 0.6 is 11.3 Å². The molecule has 0 atom stereocenters. The lowest BCUT2D eigenvalue weighted by atomic mass is 10.2. The maximum absolute atomic E-state index is 11.6. The standard InChI is InChI=1S/C12H22N2O3SSi/c1-12(2,3)19(5,6)17-7-8-9(10(15)16-4)18-11(13)14-8/h7H2,1-6H3,(H2,13,14). The number of hydrogen-bond acceptors (Lipinski definition) is 6. The number of nitrogens with two attached hydrogens (primary N) is 1. The minimum atomic E-state index is -1.87. The topological polar surface area (TPSA) is 74.4 Å². The first-order chi connectivity index (χ1) is 8.58. The lowest BCUT2D eigenvalue weighted by molar-refractivity contribution is 0.0603. The normalized spacial score (nSPS) is 12.5. The summed E-state index contributed by atoms with van der Waals surface area (Å²) in [6, 6.07) is 0. The number of thiazole rings is 1. The second-order valence-corrected chi connectivity index (χ2v) is 11.7. The monoisotopic (exact) mass is 302 g/mol. The lowest BCUT2D eigenvalue weighted by Crippen LogP contribution is -2.40. The minimum Gasteiger partial charge on any atom is -0.465 e. The Kier molecular flexibility index (Phi) is 4.75. The first kappa shape index (κ1) is 16.1. The molecular weight excluding hydrogens is 280 g/mol. The van der Waals surface area contributed by atoms with Gasteiger partial charge in [-0.05, 0) is 18.1 Å². The molecule has 0 aliphatic rings. The van der Waals surface area contributed by atoms with Gasteiger partial charge in [-0.1, -0.05) is 32.1 Å². The number of rotatable bonds is 4. The molecule has 0 amide bonds. The van der Waals surface area contributed by atoms with Crippen LogP contribution in [0.25, 0.3) is 0 Å². The fourth-order valence-corrected chi connectivity index (χ4v) is 2.87. The summed E-state index contributed by atoms with van der Waals surface area (Å²) in [6.45, 7) is 11.1. The van der Waals surface area contributed by atoms with Crippen LogP contribution in [0.5, 0.6) is 0 Å². The lowest BCUT2D eigenvalue weighted by Gasteiger charge is -2.35. The minimum absolute atomic E-state index is 0.111. The molecular formula is C12H22N2O3SSi. The van der Waals surface area contributed by atoms with Crippen LogP contribution in [0.4, 0.5) is 5.13 Å². The molecule has 0 bridgehead atoms. The third kappa shape index (κ3) is 3.77. The Balaban J connectivity index is 2.87. The first-order valence-corrected chi connectivity index (χ1v) is 9.78. The van der Waals surface area contributed by atoms with Crippen LogP contribution in [-0.2, 0) is 15.8 Å². The summed E-state index contributed by atoms with van der Waals surface area (Å²) in [4.78, 5) is 16.2. The van der Waals surface area contributed by atoms with Gasteiger partial charge < -0.3 is 14.9 Å². The number of aromatic nitrogens is 1. The van der Waals surface area contributed by atoms with Crippen molar-refractivity contribution in [2.24, 2.45) is 0 Å². The molecule has 1 aromatic heterocycles. The number of carbonyl (C=O) groups is 1. The van der Waals surface area contributed by atoms with Crippen molar-refractivity contribution in [2.45, 2.75) is 45.5 Å². The van der Waals surface area contributed by atoms with E-state index in [1.165, 1.54) is 7.11 Å². The van der Waals surface area contributed by atoms with Gasteiger partial charge >= 0.3 is 5.97 Å². The number of nitrogen functional groups attached to an aromatic ring is 1. The van der Waals surface area contributed by atoms with Crippen LogP contribution in [0.3, 0.4) is 0 Å². The van der Waals surface area contributed by atoms with Crippen molar-refractivity contribution in [2.75, 3.05) is 12.8 Å². The molecule has 0 spiro atoms. The van der Waals surface area contributed by atoms with Gasteiger partial charge in [0.1, 0.15) is 4.88 Å². The third-order valence-electron chi connectivity index (χ3n) is 3.46. The Labute approximate surface area is 119 Å². The Morgan fingerprint density at radius 3 is 2.47 bits per heavy atom. The molecule has 0 aromatic carbocycles. The first-order valence-electron chi connectivity index (χ1n) is 6.06. The van der Waals surface area contributed by atoms with Gasteiger partial charge in [0, 0.05) is 0 Å². The van der Waals surface area contributed by atoms with Crippen LogP contribution in [0.15, 0.2) is 0 Å². The molecule has 5 nitrogen and oxygen atoms in total. The summed E-state index contributed by atoms with van der Waals surface area (Å²) in [7, 11) is -0.531. The van der Waals surface area contributed by atoms with Crippen molar-refractivity contribution < 1.29 is 14.0 Å². The largest absolute Gasteiger partial charge is 0.465 e. The van der Waals surface area contributed by atoms with E-state index in [-0.39, 0.29) is 5.04 Å². The predicted octanol–water partition coefficient (Wildman–Crippen LogP) is 3.03. The summed E-state index contributed by atoms with van der Waals surface area (Å²) in [6.07, 6.45) is 0. The summed E-state index contributed by atoms with van der Waals surface area (Å²) in [5.41, 5.74) is 6.22. The number of esters is 1. The van der Waals surface area contributed by atoms with Gasteiger partial charge in [-0.25, -0.2) is 9.78 Å². The Hall–Kier alpha value is -0.923. The zero-order valence-corrected chi connectivity index (χ0v) is 14.2. The average molecular weight is 302 g/mol. The molecule has 7 heteroatoms. The number of hydrogen-bond donors (Lipinski definition) is 1. The number of ether oxygens (including phenoxy) is 1. The van der Waals surface area contributed by atoms with Gasteiger partial charge in [-0.15, -0.1) is 0 Å². The molecule has 0 radical (unpaired) electrons. The molecule has 0 aliphatic heterocycles. The molecule has 0 aliphatic carbocycles. The Bertz CT molecular complexity index is 466. The predicted molar refractivity (Wildman–Crippen MR) is 79.9 cm³/mol. The van der Waals surface area contributed by atoms with Crippen molar-refractivity contribution in [1.82, 2.24) is 4.98 Å². The van der Waals surface area contributed by atoms with E-state index < -0.39 is 14.3 Å². The highest BCUT2D eigenvalue weighted by Gasteiger charge is 2.37. The summed E-state index contributed by atoms with van der Waals surface area (Å²) < 4.78 is 10.8. The van der Waals surface area contributed by atoms with E-state index >= 15 is 0 Å². The smallest absolute Gasteiger partial charge is 0.350 e. The van der Waals surface area contributed by atoms with E-state index in [1.54, 1.807) is 0 Å². The van der Waals surface area contributed by atoms with Crippen molar-refractivity contribution in [3.8, 4) is 0 Å². The average Bonchev–Trinajstić information content (AvgIpc) is 2.65. The molecule has 1 aromatic rings. The second kappa shape index (κ2) is 5.60. The SMILES string of the molecule is COC(=O)c1sc(N)nc1CO[Si](C)(C)C(C)(C)C. The molecule has 2 N–H and O–H groups in total. The number of nitrogens with zero attached hydrogens (tertiary/aromatic N) is 1. The van der Waals surface area contributed by atoms with Crippen molar-refractivity contribution in [1.29, 1.82) is 0 Å². The highest BCUT2D eigenvalue weighted by atomic mass is 32.1. The van der Waals surface area contributed by atoms with E-state index in [4.69, 9.17) is 14.9 Å². The van der Waals surface area contributed by atoms with Crippen LogP contribution < -0.4 is 5.73 Å². The van der Waals surface area contributed by atoms with E-state index in [1.807, 2.05) is 0 Å². The maximum atomic E-state index is 11.6. The van der Waals surface area contributed by atoms with Crippen LogP contribution in [-0.4, -0.2) is 26.4 Å². The van der Waals surface area contributed by atoms with E-state index in [0.29, 0.717) is 22.3 Å². The molecule has 1 heterocycles. The molecule has 1 rings (SSSR count). The summed E-state index contributed by atoms with van der Waals surface area (Å²) >= 11 is 1.13.